The van der Waals surface area contributed by atoms with Gasteiger partial charge in [0.15, 0.2) is 0 Å². The molecule has 122 valence electrons. The normalized spacial score (nSPS) is 17.7. The lowest BCUT2D eigenvalue weighted by Gasteiger charge is -2.31. The Morgan fingerprint density at radius 1 is 1.09 bits per heavy atom. The minimum Gasteiger partial charge on any atom is -0.315 e. The molecule has 1 saturated heterocycles. The molecule has 2 heterocycles. The van der Waals surface area contributed by atoms with Gasteiger partial charge in [0.1, 0.15) is 0 Å². The minimum absolute atomic E-state index is 0.191. The third-order valence-electron chi connectivity index (χ3n) is 4.28. The summed E-state index contributed by atoms with van der Waals surface area (Å²) < 4.78 is 0. The average Bonchev–Trinajstić information content (AvgIpc) is 2.86. The summed E-state index contributed by atoms with van der Waals surface area (Å²) in [5.41, 5.74) is 2.16. The Balaban J connectivity index is 1.93. The molecule has 3 rings (SSSR count). The van der Waals surface area contributed by atoms with Crippen molar-refractivity contribution in [2.45, 2.75) is 18.9 Å². The first-order valence-electron chi connectivity index (χ1n) is 8.04. The van der Waals surface area contributed by atoms with Crippen LogP contribution in [0.3, 0.4) is 0 Å². The number of pyridine rings is 1. The summed E-state index contributed by atoms with van der Waals surface area (Å²) >= 11 is 12.8. The van der Waals surface area contributed by atoms with Crippen molar-refractivity contribution < 1.29 is 0 Å². The van der Waals surface area contributed by atoms with E-state index >= 15 is 0 Å². The molecule has 2 aromatic rings. The van der Waals surface area contributed by atoms with Crippen molar-refractivity contribution >= 4 is 23.2 Å². The van der Waals surface area contributed by atoms with E-state index in [9.17, 15) is 0 Å². The number of nitrogens with one attached hydrogen (secondary N) is 1. The quantitative estimate of drug-likeness (QED) is 0.905. The van der Waals surface area contributed by atoms with Gasteiger partial charge >= 0.3 is 0 Å². The maximum atomic E-state index is 6.52. The summed E-state index contributed by atoms with van der Waals surface area (Å²) in [4.78, 5) is 6.99. The van der Waals surface area contributed by atoms with Gasteiger partial charge in [-0.1, -0.05) is 41.4 Å². The van der Waals surface area contributed by atoms with E-state index in [1.807, 2.05) is 30.5 Å². The molecule has 3 nitrogen and oxygen atoms in total. The van der Waals surface area contributed by atoms with Gasteiger partial charge in [-0.3, -0.25) is 9.88 Å². The second-order valence-corrected chi connectivity index (χ2v) is 6.61. The number of halogens is 2. The standard InChI is InChI=1S/C18H21Cl2N3/c19-16-7-3-6-15(18(16)20)17(13-14-5-1-2-9-22-14)23-11-4-8-21-10-12-23/h1-3,5-7,9,17,21H,4,8,10-13H2. The molecule has 0 bridgehead atoms. The Bertz CT molecular complexity index is 625. The predicted molar refractivity (Wildman–Crippen MR) is 96.2 cm³/mol. The lowest BCUT2D eigenvalue weighted by molar-refractivity contribution is 0.208. The molecule has 0 radical (unpaired) electrons. The summed E-state index contributed by atoms with van der Waals surface area (Å²) in [5, 5.41) is 4.73. The highest BCUT2D eigenvalue weighted by atomic mass is 35.5. The van der Waals surface area contributed by atoms with Gasteiger partial charge in [0.2, 0.25) is 0 Å². The van der Waals surface area contributed by atoms with Crippen molar-refractivity contribution in [1.82, 2.24) is 15.2 Å². The molecule has 0 saturated carbocycles. The van der Waals surface area contributed by atoms with Gasteiger partial charge in [-0.15, -0.1) is 0 Å². The van der Waals surface area contributed by atoms with Crippen LogP contribution >= 0.6 is 23.2 Å². The number of aromatic nitrogens is 1. The van der Waals surface area contributed by atoms with Gasteiger partial charge in [-0.05, 0) is 36.7 Å². The molecule has 1 N–H and O–H groups in total. The van der Waals surface area contributed by atoms with Gasteiger partial charge in [0.05, 0.1) is 10.0 Å². The van der Waals surface area contributed by atoms with Crippen molar-refractivity contribution in [3.63, 3.8) is 0 Å². The highest BCUT2D eigenvalue weighted by Gasteiger charge is 2.24. The second-order valence-electron chi connectivity index (χ2n) is 5.82. The highest BCUT2D eigenvalue weighted by Crippen LogP contribution is 2.34. The van der Waals surface area contributed by atoms with Gasteiger partial charge in [0, 0.05) is 44.0 Å². The number of hydrogen-bond acceptors (Lipinski definition) is 3. The molecular weight excluding hydrogens is 329 g/mol. The maximum absolute atomic E-state index is 6.52. The lowest BCUT2D eigenvalue weighted by Crippen LogP contribution is -2.33. The van der Waals surface area contributed by atoms with E-state index in [0.717, 1.165) is 50.3 Å². The van der Waals surface area contributed by atoms with E-state index in [0.29, 0.717) is 10.0 Å². The van der Waals surface area contributed by atoms with Crippen LogP contribution in [0.2, 0.25) is 10.0 Å². The molecule has 0 amide bonds. The van der Waals surface area contributed by atoms with Crippen molar-refractivity contribution in [1.29, 1.82) is 0 Å². The predicted octanol–water partition coefficient (Wildman–Crippen LogP) is 3.97. The molecule has 1 aliphatic rings. The zero-order valence-electron chi connectivity index (χ0n) is 13.0. The summed E-state index contributed by atoms with van der Waals surface area (Å²) in [6.45, 7) is 4.11. The van der Waals surface area contributed by atoms with Crippen LogP contribution in [0.25, 0.3) is 0 Å². The van der Waals surface area contributed by atoms with Crippen molar-refractivity contribution in [2.75, 3.05) is 26.2 Å². The second kappa shape index (κ2) is 8.11. The zero-order chi connectivity index (χ0) is 16.1. The first-order valence-corrected chi connectivity index (χ1v) is 8.80. The number of hydrogen-bond donors (Lipinski definition) is 1. The average molecular weight is 350 g/mol. The molecule has 1 aromatic heterocycles. The first kappa shape index (κ1) is 16.7. The van der Waals surface area contributed by atoms with Crippen molar-refractivity contribution in [3.8, 4) is 0 Å². The van der Waals surface area contributed by atoms with Crippen molar-refractivity contribution in [3.05, 3.63) is 63.9 Å². The van der Waals surface area contributed by atoms with Crippen molar-refractivity contribution in [2.24, 2.45) is 0 Å². The molecule has 1 fully saturated rings. The van der Waals surface area contributed by atoms with E-state index < -0.39 is 0 Å². The maximum Gasteiger partial charge on any atom is 0.0640 e. The molecule has 1 aromatic carbocycles. The SMILES string of the molecule is Clc1cccc(C(Cc2ccccn2)N2CCCNCC2)c1Cl. The molecule has 5 heteroatoms. The third kappa shape index (κ3) is 4.24. The van der Waals surface area contributed by atoms with E-state index in [2.05, 4.69) is 27.3 Å². The minimum atomic E-state index is 0.191. The molecule has 1 aliphatic heterocycles. The van der Waals surface area contributed by atoms with E-state index in [4.69, 9.17) is 23.2 Å². The monoisotopic (exact) mass is 349 g/mol. The molecule has 0 aliphatic carbocycles. The van der Waals surface area contributed by atoms with Crippen LogP contribution in [0.5, 0.6) is 0 Å². The van der Waals surface area contributed by atoms with E-state index in [1.165, 1.54) is 0 Å². The Morgan fingerprint density at radius 3 is 2.83 bits per heavy atom. The van der Waals surface area contributed by atoms with Gasteiger partial charge in [-0.2, -0.15) is 0 Å². The van der Waals surface area contributed by atoms with E-state index in [1.54, 1.807) is 0 Å². The summed E-state index contributed by atoms with van der Waals surface area (Å²) in [7, 11) is 0. The number of benzene rings is 1. The van der Waals surface area contributed by atoms with Crippen LogP contribution in [0.15, 0.2) is 42.6 Å². The number of nitrogens with zero attached hydrogens (tertiary/aromatic N) is 2. The Kier molecular flexibility index (Phi) is 5.90. The zero-order valence-corrected chi connectivity index (χ0v) is 14.5. The van der Waals surface area contributed by atoms with Crippen LogP contribution in [-0.4, -0.2) is 36.1 Å². The lowest BCUT2D eigenvalue weighted by atomic mass is 9.99. The van der Waals surface area contributed by atoms with Gasteiger partial charge in [0.25, 0.3) is 0 Å². The Labute approximate surface area is 147 Å². The molecule has 23 heavy (non-hydrogen) atoms. The molecular formula is C18H21Cl2N3. The Morgan fingerprint density at radius 2 is 2.00 bits per heavy atom. The van der Waals surface area contributed by atoms with E-state index in [-0.39, 0.29) is 6.04 Å². The largest absolute Gasteiger partial charge is 0.315 e. The fourth-order valence-electron chi connectivity index (χ4n) is 3.11. The van der Waals surface area contributed by atoms with Crippen LogP contribution in [-0.2, 0) is 6.42 Å². The molecule has 1 atom stereocenters. The first-order chi connectivity index (χ1) is 11.3. The Hall–Kier alpha value is -1.13. The topological polar surface area (TPSA) is 28.2 Å². The highest BCUT2D eigenvalue weighted by molar-refractivity contribution is 6.42. The summed E-state index contributed by atoms with van der Waals surface area (Å²) in [6, 6.07) is 12.1. The molecule has 1 unspecified atom stereocenters. The summed E-state index contributed by atoms with van der Waals surface area (Å²) in [6.07, 6.45) is 3.81. The third-order valence-corrected chi connectivity index (χ3v) is 5.12. The fourth-order valence-corrected chi connectivity index (χ4v) is 3.54. The fraction of sp³-hybridized carbons (Fsp3) is 0.389. The number of rotatable bonds is 4. The van der Waals surface area contributed by atoms with Gasteiger partial charge in [-0.25, -0.2) is 0 Å². The van der Waals surface area contributed by atoms with Crippen LogP contribution < -0.4 is 5.32 Å². The molecule has 0 spiro atoms. The van der Waals surface area contributed by atoms with Crippen LogP contribution in [0, 0.1) is 0 Å². The summed E-state index contributed by atoms with van der Waals surface area (Å²) in [5.74, 6) is 0. The smallest absolute Gasteiger partial charge is 0.0640 e. The van der Waals surface area contributed by atoms with Crippen LogP contribution in [0.1, 0.15) is 23.7 Å². The van der Waals surface area contributed by atoms with Crippen LogP contribution in [0.4, 0.5) is 0 Å². The van der Waals surface area contributed by atoms with Gasteiger partial charge < -0.3 is 5.32 Å².